The molecule has 4 nitrogen and oxygen atoms in total. The summed E-state index contributed by atoms with van der Waals surface area (Å²) < 4.78 is 7.67. The monoisotopic (exact) mass is 280 g/mol. The molecule has 1 heterocycles. The molecule has 0 spiro atoms. The Hall–Kier alpha value is -1.20. The fourth-order valence-electron chi connectivity index (χ4n) is 2.11. The van der Waals surface area contributed by atoms with Gasteiger partial charge < -0.3 is 14.4 Å². The largest absolute Gasteiger partial charge is 0.494 e. The van der Waals surface area contributed by atoms with Gasteiger partial charge >= 0.3 is 0 Å². The molecule has 2 rings (SSSR count). The quantitative estimate of drug-likeness (QED) is 0.765. The maximum absolute atomic E-state index is 9.17. The van der Waals surface area contributed by atoms with E-state index < -0.39 is 0 Å². The van der Waals surface area contributed by atoms with Gasteiger partial charge in [0.05, 0.1) is 24.2 Å². The summed E-state index contributed by atoms with van der Waals surface area (Å²) >= 11 is 4.25. The van der Waals surface area contributed by atoms with Gasteiger partial charge in [0.1, 0.15) is 11.6 Å². The fourth-order valence-corrected chi connectivity index (χ4v) is 2.31. The number of aliphatic hydroxyl groups excluding tert-OH is 1. The summed E-state index contributed by atoms with van der Waals surface area (Å²) in [7, 11) is 0. The Morgan fingerprint density at radius 3 is 2.95 bits per heavy atom. The van der Waals surface area contributed by atoms with E-state index in [0.29, 0.717) is 13.2 Å². The van der Waals surface area contributed by atoms with Crippen LogP contribution in [0.4, 0.5) is 0 Å². The number of hydrogen-bond donors (Lipinski definition) is 2. The molecule has 104 valence electrons. The molecule has 1 aromatic heterocycles. The molecular formula is C14H20N2O2S. The van der Waals surface area contributed by atoms with E-state index in [9.17, 15) is 0 Å². The van der Waals surface area contributed by atoms with Crippen LogP contribution in [0, 0.1) is 0 Å². The second kappa shape index (κ2) is 6.82. The first-order chi connectivity index (χ1) is 9.30. The minimum Gasteiger partial charge on any atom is -0.494 e. The maximum Gasteiger partial charge on any atom is 0.121 e. The first kappa shape index (κ1) is 14.2. The maximum atomic E-state index is 9.17. The highest BCUT2D eigenvalue weighted by Crippen LogP contribution is 2.22. The van der Waals surface area contributed by atoms with E-state index in [1.807, 2.05) is 18.2 Å². The number of benzene rings is 1. The molecule has 0 saturated carbocycles. The zero-order valence-corrected chi connectivity index (χ0v) is 12.1. The van der Waals surface area contributed by atoms with Crippen LogP contribution in [-0.2, 0) is 13.0 Å². The van der Waals surface area contributed by atoms with E-state index in [-0.39, 0.29) is 6.61 Å². The van der Waals surface area contributed by atoms with E-state index in [0.717, 1.165) is 41.2 Å². The van der Waals surface area contributed by atoms with Crippen molar-refractivity contribution in [3.63, 3.8) is 0 Å². The van der Waals surface area contributed by atoms with Gasteiger partial charge in [-0.25, -0.2) is 4.98 Å². The van der Waals surface area contributed by atoms with E-state index in [1.54, 1.807) is 0 Å². The number of aliphatic hydroxyl groups is 1. The summed E-state index contributed by atoms with van der Waals surface area (Å²) in [6.07, 6.45) is 1.78. The Labute approximate surface area is 118 Å². The number of aryl methyl sites for hydroxylation is 1. The molecule has 0 saturated heterocycles. The molecule has 19 heavy (non-hydrogen) atoms. The van der Waals surface area contributed by atoms with Gasteiger partial charge in [0, 0.05) is 19.0 Å². The van der Waals surface area contributed by atoms with Crippen molar-refractivity contribution in [2.75, 3.05) is 19.0 Å². The predicted octanol–water partition coefficient (Wildman–Crippen LogP) is 2.29. The molecule has 0 bridgehead atoms. The molecule has 2 aromatic rings. The number of hydrogen-bond acceptors (Lipinski definition) is 4. The number of thiol groups is 1. The summed E-state index contributed by atoms with van der Waals surface area (Å²) in [5, 5.41) is 9.17. The lowest BCUT2D eigenvalue weighted by molar-refractivity contribution is 0.276. The zero-order chi connectivity index (χ0) is 13.7. The van der Waals surface area contributed by atoms with Crippen LogP contribution in [0.25, 0.3) is 11.0 Å². The second-order valence-corrected chi connectivity index (χ2v) is 4.82. The van der Waals surface area contributed by atoms with Crippen molar-refractivity contribution in [1.29, 1.82) is 0 Å². The molecule has 0 amide bonds. The van der Waals surface area contributed by atoms with Crippen LogP contribution in [0.5, 0.6) is 5.75 Å². The van der Waals surface area contributed by atoms with E-state index in [1.165, 1.54) is 0 Å². The predicted molar refractivity (Wildman–Crippen MR) is 80.2 cm³/mol. The Bertz CT molecular complexity index is 539. The number of ether oxygens (including phenoxy) is 1. The molecular weight excluding hydrogens is 260 g/mol. The minimum atomic E-state index is 0.110. The van der Waals surface area contributed by atoms with Crippen molar-refractivity contribution in [2.24, 2.45) is 0 Å². The average molecular weight is 280 g/mol. The topological polar surface area (TPSA) is 47.3 Å². The Morgan fingerprint density at radius 1 is 1.42 bits per heavy atom. The second-order valence-electron chi connectivity index (χ2n) is 4.38. The van der Waals surface area contributed by atoms with Gasteiger partial charge in [-0.15, -0.1) is 0 Å². The Kier molecular flexibility index (Phi) is 5.10. The number of nitrogens with zero attached hydrogens (tertiary/aromatic N) is 2. The van der Waals surface area contributed by atoms with E-state index >= 15 is 0 Å². The molecule has 0 aliphatic rings. The van der Waals surface area contributed by atoms with Gasteiger partial charge in [-0.05, 0) is 24.3 Å². The van der Waals surface area contributed by atoms with Crippen LogP contribution in [0.1, 0.15) is 19.2 Å². The minimum absolute atomic E-state index is 0.110. The SMILES string of the molecule is CCCOc1ccc2c(c1)nc(CCS)n2CCO. The van der Waals surface area contributed by atoms with Crippen molar-refractivity contribution in [3.8, 4) is 5.75 Å². The molecule has 1 aromatic carbocycles. The molecule has 0 aliphatic carbocycles. The van der Waals surface area contributed by atoms with E-state index in [2.05, 4.69) is 29.1 Å². The highest BCUT2D eigenvalue weighted by Gasteiger charge is 2.10. The van der Waals surface area contributed by atoms with Crippen LogP contribution in [0.2, 0.25) is 0 Å². The van der Waals surface area contributed by atoms with Crippen LogP contribution in [0.15, 0.2) is 18.2 Å². The Morgan fingerprint density at radius 2 is 2.26 bits per heavy atom. The van der Waals surface area contributed by atoms with Crippen molar-refractivity contribution in [3.05, 3.63) is 24.0 Å². The molecule has 0 unspecified atom stereocenters. The molecule has 1 N–H and O–H groups in total. The number of fused-ring (bicyclic) bond motifs is 1. The smallest absolute Gasteiger partial charge is 0.121 e. The molecule has 0 radical (unpaired) electrons. The highest BCUT2D eigenvalue weighted by atomic mass is 32.1. The van der Waals surface area contributed by atoms with Crippen molar-refractivity contribution >= 4 is 23.7 Å². The zero-order valence-electron chi connectivity index (χ0n) is 11.2. The van der Waals surface area contributed by atoms with Crippen LogP contribution in [-0.4, -0.2) is 33.6 Å². The fraction of sp³-hybridized carbons (Fsp3) is 0.500. The average Bonchev–Trinajstić information content (AvgIpc) is 2.75. The Balaban J connectivity index is 2.37. The number of imidazole rings is 1. The molecule has 0 atom stereocenters. The standard InChI is InChI=1S/C14H20N2O2S/c1-2-8-18-11-3-4-13-12(10-11)15-14(5-9-19)16(13)6-7-17/h3-4,10,17,19H,2,5-9H2,1H3. The van der Waals surface area contributed by atoms with Gasteiger partial charge in [-0.1, -0.05) is 6.92 Å². The lowest BCUT2D eigenvalue weighted by Crippen LogP contribution is -2.07. The van der Waals surface area contributed by atoms with Gasteiger partial charge in [0.15, 0.2) is 0 Å². The summed E-state index contributed by atoms with van der Waals surface area (Å²) in [5.41, 5.74) is 1.95. The molecule has 0 aliphatic heterocycles. The van der Waals surface area contributed by atoms with Gasteiger partial charge in [0.25, 0.3) is 0 Å². The normalized spacial score (nSPS) is 11.1. The molecule has 5 heteroatoms. The number of aromatic nitrogens is 2. The third-order valence-corrected chi connectivity index (χ3v) is 3.15. The van der Waals surface area contributed by atoms with Crippen molar-refractivity contribution in [1.82, 2.24) is 9.55 Å². The summed E-state index contributed by atoms with van der Waals surface area (Å²) in [5.74, 6) is 2.56. The first-order valence-electron chi connectivity index (χ1n) is 6.63. The van der Waals surface area contributed by atoms with Gasteiger partial charge in [-0.2, -0.15) is 12.6 Å². The lowest BCUT2D eigenvalue weighted by Gasteiger charge is -2.07. The van der Waals surface area contributed by atoms with Crippen LogP contribution in [0.3, 0.4) is 0 Å². The highest BCUT2D eigenvalue weighted by molar-refractivity contribution is 7.80. The van der Waals surface area contributed by atoms with Gasteiger partial charge in [0.2, 0.25) is 0 Å². The third kappa shape index (κ3) is 3.22. The molecule has 0 fully saturated rings. The van der Waals surface area contributed by atoms with Crippen molar-refractivity contribution < 1.29 is 9.84 Å². The third-order valence-electron chi connectivity index (χ3n) is 2.93. The summed E-state index contributed by atoms with van der Waals surface area (Å²) in [6.45, 7) is 3.47. The van der Waals surface area contributed by atoms with Gasteiger partial charge in [-0.3, -0.25) is 0 Å². The van der Waals surface area contributed by atoms with E-state index in [4.69, 9.17) is 9.84 Å². The number of rotatable bonds is 7. The first-order valence-corrected chi connectivity index (χ1v) is 7.27. The lowest BCUT2D eigenvalue weighted by atomic mass is 10.3. The summed E-state index contributed by atoms with van der Waals surface area (Å²) in [6, 6.07) is 5.92. The summed E-state index contributed by atoms with van der Waals surface area (Å²) in [4.78, 5) is 4.61. The van der Waals surface area contributed by atoms with Crippen molar-refractivity contribution in [2.45, 2.75) is 26.3 Å². The van der Waals surface area contributed by atoms with Crippen LogP contribution < -0.4 is 4.74 Å². The van der Waals surface area contributed by atoms with Crippen LogP contribution >= 0.6 is 12.6 Å².